The van der Waals surface area contributed by atoms with Crippen molar-refractivity contribution in [2.24, 2.45) is 0 Å². The Morgan fingerprint density at radius 2 is 1.29 bits per heavy atom. The third-order valence-electron chi connectivity index (χ3n) is 4.46. The second kappa shape index (κ2) is 6.08. The zero-order valence-corrected chi connectivity index (χ0v) is 15.4. The number of hydrogen-bond donors (Lipinski definition) is 0. The molecule has 0 unspecified atom stereocenters. The van der Waals surface area contributed by atoms with Crippen molar-refractivity contribution < 1.29 is 25.3 Å². The maximum Gasteiger partial charge on any atom is 0.243 e. The van der Waals surface area contributed by atoms with Gasteiger partial charge in [-0.15, -0.1) is 0 Å². The third kappa shape index (κ3) is 3.51. The lowest BCUT2D eigenvalue weighted by molar-refractivity contribution is 0.280. The first-order chi connectivity index (χ1) is 11.1. The van der Waals surface area contributed by atoms with Gasteiger partial charge in [0.1, 0.15) is 0 Å². The van der Waals surface area contributed by atoms with Gasteiger partial charge in [-0.25, -0.2) is 25.3 Å². The lowest BCUT2D eigenvalue weighted by Crippen LogP contribution is -2.48. The van der Waals surface area contributed by atoms with Crippen LogP contribution in [0.25, 0.3) is 0 Å². The number of hydrogen-bond acceptors (Lipinski definition) is 6. The van der Waals surface area contributed by atoms with E-state index in [1.807, 2.05) is 0 Å². The Bertz CT molecular complexity index is 878. The van der Waals surface area contributed by atoms with Gasteiger partial charge in [-0.2, -0.15) is 4.31 Å². The van der Waals surface area contributed by atoms with Crippen molar-refractivity contribution in [1.29, 1.82) is 0 Å². The van der Waals surface area contributed by atoms with E-state index in [-0.39, 0.29) is 40.7 Å². The summed E-state index contributed by atoms with van der Waals surface area (Å²) in [5, 5.41) is 0. The molecule has 2 saturated heterocycles. The zero-order valence-electron chi connectivity index (χ0n) is 12.9. The standard InChI is InChI=1S/C14H19NO6S3/c16-22(17)8-6-12(10-22)15(13-7-9-23(18,19)11-13)24(20,21)14-4-2-1-3-5-14/h1-5,12-13H,6-11H2/t12-,13+. The predicted octanol–water partition coefficient (Wildman–Crippen LogP) is 0.0515. The molecule has 3 rings (SSSR count). The lowest BCUT2D eigenvalue weighted by atomic mass is 10.2. The summed E-state index contributed by atoms with van der Waals surface area (Å²) in [4.78, 5) is 0.0543. The van der Waals surface area contributed by atoms with Crippen LogP contribution in [0.3, 0.4) is 0 Å². The molecule has 10 heteroatoms. The minimum Gasteiger partial charge on any atom is -0.229 e. The average Bonchev–Trinajstić information content (AvgIpc) is 3.02. The van der Waals surface area contributed by atoms with E-state index in [0.717, 1.165) is 4.31 Å². The summed E-state index contributed by atoms with van der Waals surface area (Å²) in [7, 11) is -10.6. The Labute approximate surface area is 142 Å². The molecule has 134 valence electrons. The Morgan fingerprint density at radius 1 is 0.833 bits per heavy atom. The molecule has 0 aliphatic carbocycles. The quantitative estimate of drug-likeness (QED) is 0.716. The lowest BCUT2D eigenvalue weighted by Gasteiger charge is -2.32. The van der Waals surface area contributed by atoms with Crippen LogP contribution in [-0.4, -0.2) is 64.7 Å². The normalized spacial score (nSPS) is 29.0. The predicted molar refractivity (Wildman–Crippen MR) is 89.6 cm³/mol. The second-order valence-electron chi connectivity index (χ2n) is 6.26. The first-order valence-electron chi connectivity index (χ1n) is 7.60. The van der Waals surface area contributed by atoms with E-state index in [0.29, 0.717) is 0 Å². The Morgan fingerprint density at radius 3 is 1.67 bits per heavy atom. The van der Waals surface area contributed by atoms with Crippen molar-refractivity contribution in [3.05, 3.63) is 30.3 Å². The molecule has 2 atom stereocenters. The van der Waals surface area contributed by atoms with Crippen LogP contribution in [-0.2, 0) is 29.7 Å². The molecule has 2 aliphatic rings. The molecular weight excluding hydrogens is 374 g/mol. The topological polar surface area (TPSA) is 106 Å². The van der Waals surface area contributed by atoms with Gasteiger partial charge in [0, 0.05) is 12.1 Å². The summed E-state index contributed by atoms with van der Waals surface area (Å²) < 4.78 is 74.5. The molecule has 0 spiro atoms. The highest BCUT2D eigenvalue weighted by atomic mass is 32.2. The maximum absolute atomic E-state index is 13.1. The van der Waals surface area contributed by atoms with Crippen LogP contribution in [0.2, 0.25) is 0 Å². The molecule has 7 nitrogen and oxygen atoms in total. The number of sulfonamides is 1. The molecule has 1 aromatic carbocycles. The van der Waals surface area contributed by atoms with Crippen LogP contribution in [0, 0.1) is 0 Å². The minimum absolute atomic E-state index is 0.0543. The molecule has 1 aromatic rings. The molecule has 2 heterocycles. The highest BCUT2D eigenvalue weighted by Crippen LogP contribution is 2.31. The van der Waals surface area contributed by atoms with E-state index in [9.17, 15) is 25.3 Å². The summed E-state index contributed by atoms with van der Waals surface area (Å²) in [6.07, 6.45) is 0.399. The Balaban J connectivity index is 2.03. The third-order valence-corrected chi connectivity index (χ3v) is 9.98. The van der Waals surface area contributed by atoms with Gasteiger partial charge < -0.3 is 0 Å². The van der Waals surface area contributed by atoms with Crippen LogP contribution < -0.4 is 0 Å². The Kier molecular flexibility index (Phi) is 4.52. The summed E-state index contributed by atoms with van der Waals surface area (Å²) in [6, 6.07) is 6.31. The highest BCUT2D eigenvalue weighted by Gasteiger charge is 2.45. The van der Waals surface area contributed by atoms with Crippen LogP contribution in [0.1, 0.15) is 12.8 Å². The van der Waals surface area contributed by atoms with E-state index < -0.39 is 41.8 Å². The number of sulfone groups is 2. The highest BCUT2D eigenvalue weighted by molar-refractivity contribution is 7.92. The van der Waals surface area contributed by atoms with E-state index in [1.165, 1.54) is 12.1 Å². The van der Waals surface area contributed by atoms with Crippen molar-refractivity contribution in [3.8, 4) is 0 Å². The molecule has 0 aromatic heterocycles. The van der Waals surface area contributed by atoms with Crippen molar-refractivity contribution in [2.45, 2.75) is 29.8 Å². The maximum atomic E-state index is 13.1. The molecule has 0 bridgehead atoms. The second-order valence-corrected chi connectivity index (χ2v) is 12.6. The molecule has 0 amide bonds. The largest absolute Gasteiger partial charge is 0.243 e. The minimum atomic E-state index is -3.96. The molecular formula is C14H19NO6S3. The van der Waals surface area contributed by atoms with Crippen molar-refractivity contribution in [1.82, 2.24) is 4.31 Å². The fourth-order valence-corrected chi connectivity index (χ4v) is 8.86. The van der Waals surface area contributed by atoms with Gasteiger partial charge in [0.25, 0.3) is 0 Å². The van der Waals surface area contributed by atoms with Crippen LogP contribution in [0.4, 0.5) is 0 Å². The van der Waals surface area contributed by atoms with Gasteiger partial charge in [0.2, 0.25) is 10.0 Å². The van der Waals surface area contributed by atoms with Crippen LogP contribution in [0.15, 0.2) is 35.2 Å². The molecule has 0 saturated carbocycles. The SMILES string of the molecule is O=S1(=O)CC[C@@H](N([C@H]2CCS(=O)(=O)C2)S(=O)(=O)c2ccccc2)C1. The smallest absolute Gasteiger partial charge is 0.229 e. The van der Waals surface area contributed by atoms with Gasteiger partial charge in [0.05, 0.1) is 27.9 Å². The van der Waals surface area contributed by atoms with Gasteiger partial charge in [-0.3, -0.25) is 0 Å². The number of nitrogens with zero attached hydrogens (tertiary/aromatic N) is 1. The van der Waals surface area contributed by atoms with Crippen molar-refractivity contribution in [2.75, 3.05) is 23.0 Å². The average molecular weight is 394 g/mol. The van der Waals surface area contributed by atoms with Gasteiger partial charge in [0.15, 0.2) is 19.7 Å². The van der Waals surface area contributed by atoms with E-state index in [1.54, 1.807) is 18.2 Å². The summed E-state index contributed by atoms with van der Waals surface area (Å²) in [5.74, 6) is -0.652. The zero-order chi connectivity index (χ0) is 17.6. The fraction of sp³-hybridized carbons (Fsp3) is 0.571. The van der Waals surface area contributed by atoms with Crippen molar-refractivity contribution in [3.63, 3.8) is 0 Å². The summed E-state index contributed by atoms with van der Waals surface area (Å²) >= 11 is 0. The van der Waals surface area contributed by atoms with E-state index in [2.05, 4.69) is 0 Å². The van der Waals surface area contributed by atoms with Crippen LogP contribution in [0.5, 0.6) is 0 Å². The van der Waals surface area contributed by atoms with Crippen LogP contribution >= 0.6 is 0 Å². The molecule has 0 radical (unpaired) electrons. The molecule has 2 fully saturated rings. The number of rotatable bonds is 4. The Hall–Kier alpha value is -0.970. The van der Waals surface area contributed by atoms with Gasteiger partial charge in [-0.05, 0) is 25.0 Å². The molecule has 2 aliphatic heterocycles. The van der Waals surface area contributed by atoms with E-state index in [4.69, 9.17) is 0 Å². The monoisotopic (exact) mass is 393 g/mol. The van der Waals surface area contributed by atoms with E-state index >= 15 is 0 Å². The first-order valence-corrected chi connectivity index (χ1v) is 12.7. The van der Waals surface area contributed by atoms with Gasteiger partial charge >= 0.3 is 0 Å². The van der Waals surface area contributed by atoms with Gasteiger partial charge in [-0.1, -0.05) is 18.2 Å². The summed E-state index contributed by atoms with van der Waals surface area (Å²) in [6.45, 7) is 0. The number of benzene rings is 1. The fourth-order valence-electron chi connectivity index (χ4n) is 3.36. The van der Waals surface area contributed by atoms with Crippen molar-refractivity contribution >= 4 is 29.7 Å². The summed E-state index contributed by atoms with van der Waals surface area (Å²) in [5.41, 5.74) is 0. The first kappa shape index (κ1) is 17.8. The molecule has 24 heavy (non-hydrogen) atoms. The molecule has 0 N–H and O–H groups in total.